The normalized spacial score (nSPS) is 16.1. The van der Waals surface area contributed by atoms with E-state index in [-0.39, 0.29) is 6.61 Å². The van der Waals surface area contributed by atoms with Gasteiger partial charge in [0.25, 0.3) is 0 Å². The van der Waals surface area contributed by atoms with Crippen LogP contribution in [0.4, 0.5) is 0 Å². The minimum absolute atomic E-state index is 0.0478. The second-order valence-corrected chi connectivity index (χ2v) is 3.59. The quantitative estimate of drug-likeness (QED) is 0.611. The molecule has 4 N–H and O–H groups in total. The van der Waals surface area contributed by atoms with Gasteiger partial charge >= 0.3 is 0 Å². The molecule has 0 fully saturated rings. The van der Waals surface area contributed by atoms with Crippen LogP contribution >= 0.6 is 0 Å². The number of nitrogens with two attached hydrogens (primary N) is 1. The van der Waals surface area contributed by atoms with Crippen LogP contribution in [0.2, 0.25) is 0 Å². The van der Waals surface area contributed by atoms with Gasteiger partial charge in [0, 0.05) is 11.4 Å². The molecular weight excluding hydrogens is 152 g/mol. The van der Waals surface area contributed by atoms with E-state index in [1.807, 2.05) is 26.8 Å². The maximum Gasteiger partial charge on any atom is 0.0769 e. The van der Waals surface area contributed by atoms with Crippen molar-refractivity contribution in [2.24, 2.45) is 5.73 Å². The van der Waals surface area contributed by atoms with Gasteiger partial charge < -0.3 is 15.8 Å². The third kappa shape index (κ3) is 1.52. The van der Waals surface area contributed by atoms with Gasteiger partial charge in [0.05, 0.1) is 12.1 Å². The van der Waals surface area contributed by atoms with Gasteiger partial charge in [0.2, 0.25) is 0 Å². The molecule has 0 amide bonds. The van der Waals surface area contributed by atoms with E-state index in [0.717, 1.165) is 17.0 Å². The molecule has 1 atom stereocenters. The van der Waals surface area contributed by atoms with Crippen molar-refractivity contribution in [1.82, 2.24) is 4.98 Å². The molecule has 12 heavy (non-hydrogen) atoms. The Bertz CT molecular complexity index is 276. The highest BCUT2D eigenvalue weighted by molar-refractivity contribution is 5.29. The molecule has 1 unspecified atom stereocenters. The number of hydrogen-bond donors (Lipinski definition) is 3. The van der Waals surface area contributed by atoms with Gasteiger partial charge in [-0.05, 0) is 32.4 Å². The second kappa shape index (κ2) is 2.92. The van der Waals surface area contributed by atoms with E-state index in [1.54, 1.807) is 0 Å². The van der Waals surface area contributed by atoms with Crippen molar-refractivity contribution in [3.8, 4) is 0 Å². The topological polar surface area (TPSA) is 62.0 Å². The van der Waals surface area contributed by atoms with E-state index in [1.165, 1.54) is 0 Å². The maximum absolute atomic E-state index is 9.04. The molecule has 0 aliphatic carbocycles. The van der Waals surface area contributed by atoms with E-state index >= 15 is 0 Å². The summed E-state index contributed by atoms with van der Waals surface area (Å²) in [6.45, 7) is 5.72. The van der Waals surface area contributed by atoms with Crippen molar-refractivity contribution >= 4 is 0 Å². The van der Waals surface area contributed by atoms with E-state index in [0.29, 0.717) is 0 Å². The second-order valence-electron chi connectivity index (χ2n) is 3.59. The molecule has 1 aromatic rings. The standard InChI is InChI=1S/C9H16N2O/c1-6-4-7(2)11-8(6)9(3,10)5-12/h4,11-12H,5,10H2,1-3H3. The average molecular weight is 168 g/mol. The maximum atomic E-state index is 9.04. The lowest BCUT2D eigenvalue weighted by Gasteiger charge is -2.21. The van der Waals surface area contributed by atoms with Crippen molar-refractivity contribution in [1.29, 1.82) is 0 Å². The molecule has 0 aromatic carbocycles. The first-order chi connectivity index (χ1) is 5.47. The number of aryl methyl sites for hydroxylation is 2. The number of hydrogen-bond acceptors (Lipinski definition) is 2. The van der Waals surface area contributed by atoms with E-state index < -0.39 is 5.54 Å². The Morgan fingerprint density at radius 3 is 2.50 bits per heavy atom. The molecule has 1 aromatic heterocycles. The van der Waals surface area contributed by atoms with Crippen LogP contribution in [0.1, 0.15) is 23.9 Å². The zero-order valence-electron chi connectivity index (χ0n) is 7.81. The highest BCUT2D eigenvalue weighted by Gasteiger charge is 2.23. The Morgan fingerprint density at radius 2 is 2.17 bits per heavy atom. The predicted octanol–water partition coefficient (Wildman–Crippen LogP) is 0.798. The van der Waals surface area contributed by atoms with Gasteiger partial charge in [-0.1, -0.05) is 0 Å². The first-order valence-corrected chi connectivity index (χ1v) is 4.04. The molecular formula is C9H16N2O. The molecule has 0 saturated carbocycles. The van der Waals surface area contributed by atoms with Crippen LogP contribution in [-0.4, -0.2) is 16.7 Å². The molecule has 68 valence electrons. The molecule has 0 saturated heterocycles. The van der Waals surface area contributed by atoms with Gasteiger partial charge in [-0.3, -0.25) is 0 Å². The minimum atomic E-state index is -0.654. The fraction of sp³-hybridized carbons (Fsp3) is 0.556. The minimum Gasteiger partial charge on any atom is -0.394 e. The van der Waals surface area contributed by atoms with Crippen LogP contribution in [-0.2, 0) is 5.54 Å². The van der Waals surface area contributed by atoms with Crippen LogP contribution in [0.15, 0.2) is 6.07 Å². The third-order valence-electron chi connectivity index (χ3n) is 2.05. The molecule has 0 radical (unpaired) electrons. The van der Waals surface area contributed by atoms with Crippen LogP contribution in [0, 0.1) is 13.8 Å². The average Bonchev–Trinajstić information content (AvgIpc) is 2.31. The largest absolute Gasteiger partial charge is 0.394 e. The Labute approximate surface area is 72.6 Å². The lowest BCUT2D eigenvalue weighted by atomic mass is 9.98. The monoisotopic (exact) mass is 168 g/mol. The molecule has 1 rings (SSSR count). The molecule has 1 heterocycles. The van der Waals surface area contributed by atoms with Crippen LogP contribution in [0.3, 0.4) is 0 Å². The number of aromatic amines is 1. The fourth-order valence-corrected chi connectivity index (χ4v) is 1.40. The number of aromatic nitrogens is 1. The number of rotatable bonds is 2. The summed E-state index contributed by atoms with van der Waals surface area (Å²) in [5.74, 6) is 0. The molecule has 3 heteroatoms. The van der Waals surface area contributed by atoms with Gasteiger partial charge in [0.15, 0.2) is 0 Å². The summed E-state index contributed by atoms with van der Waals surface area (Å²) < 4.78 is 0. The Kier molecular flexibility index (Phi) is 2.26. The van der Waals surface area contributed by atoms with Crippen LogP contribution < -0.4 is 5.73 Å². The molecule has 0 spiro atoms. The van der Waals surface area contributed by atoms with E-state index in [9.17, 15) is 0 Å². The fourth-order valence-electron chi connectivity index (χ4n) is 1.40. The first-order valence-electron chi connectivity index (χ1n) is 4.04. The summed E-state index contributed by atoms with van der Waals surface area (Å²) in [4.78, 5) is 3.15. The summed E-state index contributed by atoms with van der Waals surface area (Å²) in [5, 5.41) is 9.04. The summed E-state index contributed by atoms with van der Waals surface area (Å²) >= 11 is 0. The van der Waals surface area contributed by atoms with Gasteiger partial charge in [-0.25, -0.2) is 0 Å². The Hall–Kier alpha value is -0.800. The SMILES string of the molecule is Cc1cc(C)c(C(C)(N)CO)[nH]1. The smallest absolute Gasteiger partial charge is 0.0769 e. The van der Waals surface area contributed by atoms with Gasteiger partial charge in [-0.2, -0.15) is 0 Å². The Balaban J connectivity index is 3.09. The number of nitrogens with one attached hydrogen (secondary N) is 1. The summed E-state index contributed by atoms with van der Waals surface area (Å²) in [7, 11) is 0. The molecule has 0 aliphatic rings. The highest BCUT2D eigenvalue weighted by atomic mass is 16.3. The third-order valence-corrected chi connectivity index (χ3v) is 2.05. The molecule has 3 nitrogen and oxygen atoms in total. The van der Waals surface area contributed by atoms with Gasteiger partial charge in [-0.15, -0.1) is 0 Å². The van der Waals surface area contributed by atoms with Crippen molar-refractivity contribution in [2.75, 3.05) is 6.61 Å². The number of aliphatic hydroxyl groups is 1. The first kappa shape index (κ1) is 9.29. The number of aliphatic hydroxyl groups excluding tert-OH is 1. The predicted molar refractivity (Wildman–Crippen MR) is 48.9 cm³/mol. The van der Waals surface area contributed by atoms with E-state index in [4.69, 9.17) is 10.8 Å². The summed E-state index contributed by atoms with van der Waals surface area (Å²) in [6.07, 6.45) is 0. The van der Waals surface area contributed by atoms with E-state index in [2.05, 4.69) is 4.98 Å². The van der Waals surface area contributed by atoms with Crippen molar-refractivity contribution in [2.45, 2.75) is 26.3 Å². The highest BCUT2D eigenvalue weighted by Crippen LogP contribution is 2.20. The van der Waals surface area contributed by atoms with Crippen molar-refractivity contribution in [3.63, 3.8) is 0 Å². The lowest BCUT2D eigenvalue weighted by Crippen LogP contribution is -2.38. The zero-order valence-corrected chi connectivity index (χ0v) is 7.81. The Morgan fingerprint density at radius 1 is 1.58 bits per heavy atom. The summed E-state index contributed by atoms with van der Waals surface area (Å²) in [6, 6.07) is 2.02. The van der Waals surface area contributed by atoms with Crippen molar-refractivity contribution < 1.29 is 5.11 Å². The lowest BCUT2D eigenvalue weighted by molar-refractivity contribution is 0.206. The zero-order chi connectivity index (χ0) is 9.35. The van der Waals surface area contributed by atoms with Crippen LogP contribution in [0.25, 0.3) is 0 Å². The molecule has 0 bridgehead atoms. The van der Waals surface area contributed by atoms with Crippen molar-refractivity contribution in [3.05, 3.63) is 23.0 Å². The molecule has 0 aliphatic heterocycles. The summed E-state index contributed by atoms with van der Waals surface area (Å²) in [5.41, 5.74) is 8.31. The van der Waals surface area contributed by atoms with Gasteiger partial charge in [0.1, 0.15) is 0 Å². The van der Waals surface area contributed by atoms with Crippen LogP contribution in [0.5, 0.6) is 0 Å². The number of H-pyrrole nitrogens is 1.